The quantitative estimate of drug-likeness (QED) is 0.838. The molecule has 0 fully saturated rings. The SMILES string of the molecule is CCCCn1cc(C(C)=O)c2c(C(=O)O)cccc21. The number of carbonyl (C=O) groups is 2. The summed E-state index contributed by atoms with van der Waals surface area (Å²) in [6.07, 6.45) is 3.82. The molecule has 1 heterocycles. The summed E-state index contributed by atoms with van der Waals surface area (Å²) in [5.41, 5.74) is 1.50. The van der Waals surface area contributed by atoms with E-state index in [4.69, 9.17) is 0 Å². The van der Waals surface area contributed by atoms with Crippen molar-refractivity contribution in [2.75, 3.05) is 0 Å². The number of benzene rings is 1. The molecule has 0 aliphatic carbocycles. The number of rotatable bonds is 5. The Hall–Kier alpha value is -2.10. The number of carboxylic acids is 1. The first-order valence-electron chi connectivity index (χ1n) is 6.42. The highest BCUT2D eigenvalue weighted by Crippen LogP contribution is 2.26. The van der Waals surface area contributed by atoms with Crippen molar-refractivity contribution < 1.29 is 14.7 Å². The Labute approximate surface area is 111 Å². The first-order chi connectivity index (χ1) is 9.06. The van der Waals surface area contributed by atoms with Crippen molar-refractivity contribution >= 4 is 22.7 Å². The zero-order chi connectivity index (χ0) is 14.0. The van der Waals surface area contributed by atoms with Gasteiger partial charge in [0.1, 0.15) is 0 Å². The molecule has 0 amide bonds. The van der Waals surface area contributed by atoms with Gasteiger partial charge in [-0.15, -0.1) is 0 Å². The lowest BCUT2D eigenvalue weighted by molar-refractivity contribution is 0.0699. The lowest BCUT2D eigenvalue weighted by Gasteiger charge is -2.04. The predicted octanol–water partition coefficient (Wildman–Crippen LogP) is 3.34. The average Bonchev–Trinajstić information content (AvgIpc) is 2.75. The minimum Gasteiger partial charge on any atom is -0.478 e. The summed E-state index contributed by atoms with van der Waals surface area (Å²) in [4.78, 5) is 23.0. The van der Waals surface area contributed by atoms with Crippen LogP contribution in [0.5, 0.6) is 0 Å². The van der Waals surface area contributed by atoms with Crippen LogP contribution in [0.15, 0.2) is 24.4 Å². The van der Waals surface area contributed by atoms with E-state index in [1.165, 1.54) is 6.92 Å². The van der Waals surface area contributed by atoms with Gasteiger partial charge in [-0.1, -0.05) is 19.4 Å². The number of nitrogens with zero attached hydrogens (tertiary/aromatic N) is 1. The van der Waals surface area contributed by atoms with E-state index in [2.05, 4.69) is 6.92 Å². The molecule has 0 bridgehead atoms. The van der Waals surface area contributed by atoms with Crippen LogP contribution in [0.25, 0.3) is 10.9 Å². The second-order valence-electron chi connectivity index (χ2n) is 4.65. The number of hydrogen-bond acceptors (Lipinski definition) is 2. The van der Waals surface area contributed by atoms with Crippen molar-refractivity contribution in [1.29, 1.82) is 0 Å². The average molecular weight is 259 g/mol. The number of aryl methyl sites for hydroxylation is 1. The Morgan fingerprint density at radius 2 is 2.00 bits per heavy atom. The molecule has 1 aromatic carbocycles. The first kappa shape index (κ1) is 13.3. The molecular weight excluding hydrogens is 242 g/mol. The fourth-order valence-corrected chi connectivity index (χ4v) is 2.31. The van der Waals surface area contributed by atoms with E-state index >= 15 is 0 Å². The van der Waals surface area contributed by atoms with Gasteiger partial charge in [-0.2, -0.15) is 0 Å². The van der Waals surface area contributed by atoms with Crippen LogP contribution in [0.3, 0.4) is 0 Å². The predicted molar refractivity (Wildman–Crippen MR) is 73.8 cm³/mol. The third-order valence-corrected chi connectivity index (χ3v) is 3.27. The molecule has 1 aromatic heterocycles. The number of fused-ring (bicyclic) bond motifs is 1. The molecule has 0 aliphatic rings. The smallest absolute Gasteiger partial charge is 0.336 e. The van der Waals surface area contributed by atoms with E-state index in [1.807, 2.05) is 10.6 Å². The van der Waals surface area contributed by atoms with Crippen LogP contribution >= 0.6 is 0 Å². The monoisotopic (exact) mass is 259 g/mol. The number of unbranched alkanes of at least 4 members (excludes halogenated alkanes) is 1. The maximum atomic E-state index is 11.7. The third kappa shape index (κ3) is 2.38. The highest BCUT2D eigenvalue weighted by atomic mass is 16.4. The van der Waals surface area contributed by atoms with Crippen LogP contribution in [0.4, 0.5) is 0 Å². The van der Waals surface area contributed by atoms with Crippen LogP contribution in [0, 0.1) is 0 Å². The number of Topliss-reactive ketones (excluding diaryl/α,β-unsaturated/α-hetero) is 1. The van der Waals surface area contributed by atoms with Gasteiger partial charge in [-0.25, -0.2) is 4.79 Å². The minimum absolute atomic E-state index is 0.103. The van der Waals surface area contributed by atoms with Crippen molar-refractivity contribution in [2.45, 2.75) is 33.2 Å². The standard InChI is InChI=1S/C15H17NO3/c1-3-4-8-16-9-12(10(2)17)14-11(15(18)19)6-5-7-13(14)16/h5-7,9H,3-4,8H2,1-2H3,(H,18,19). The van der Waals surface area contributed by atoms with E-state index in [0.717, 1.165) is 24.9 Å². The number of aromatic carboxylic acids is 1. The zero-order valence-corrected chi connectivity index (χ0v) is 11.1. The fourth-order valence-electron chi connectivity index (χ4n) is 2.31. The Bertz CT molecular complexity index is 640. The fraction of sp³-hybridized carbons (Fsp3) is 0.333. The molecule has 0 radical (unpaired) electrons. The van der Waals surface area contributed by atoms with E-state index in [9.17, 15) is 14.7 Å². The number of aromatic nitrogens is 1. The highest BCUT2D eigenvalue weighted by Gasteiger charge is 2.18. The summed E-state index contributed by atoms with van der Waals surface area (Å²) in [5, 5.41) is 9.81. The normalized spacial score (nSPS) is 10.8. The largest absolute Gasteiger partial charge is 0.478 e. The first-order valence-corrected chi connectivity index (χ1v) is 6.42. The topological polar surface area (TPSA) is 59.3 Å². The van der Waals surface area contributed by atoms with Crippen molar-refractivity contribution in [1.82, 2.24) is 4.57 Å². The molecule has 0 atom stereocenters. The molecular formula is C15H17NO3. The van der Waals surface area contributed by atoms with Crippen LogP contribution in [-0.2, 0) is 6.54 Å². The van der Waals surface area contributed by atoms with Crippen molar-refractivity contribution in [3.63, 3.8) is 0 Å². The van der Waals surface area contributed by atoms with Crippen LogP contribution in [-0.4, -0.2) is 21.4 Å². The van der Waals surface area contributed by atoms with E-state index in [-0.39, 0.29) is 11.3 Å². The van der Waals surface area contributed by atoms with Gasteiger partial charge >= 0.3 is 5.97 Å². The van der Waals surface area contributed by atoms with Crippen molar-refractivity contribution in [3.8, 4) is 0 Å². The van der Waals surface area contributed by atoms with Gasteiger partial charge in [-0.3, -0.25) is 4.79 Å². The van der Waals surface area contributed by atoms with E-state index in [0.29, 0.717) is 10.9 Å². The second kappa shape index (κ2) is 5.26. The van der Waals surface area contributed by atoms with Gasteiger partial charge in [0.05, 0.1) is 5.56 Å². The number of carboxylic acid groups (broad SMARTS) is 1. The molecule has 2 aromatic rings. The molecule has 0 aliphatic heterocycles. The summed E-state index contributed by atoms with van der Waals surface area (Å²) >= 11 is 0. The number of ketones is 1. The second-order valence-corrected chi connectivity index (χ2v) is 4.65. The Morgan fingerprint density at radius 3 is 2.58 bits per heavy atom. The number of carbonyl (C=O) groups excluding carboxylic acids is 1. The van der Waals surface area contributed by atoms with Crippen LogP contribution in [0.1, 0.15) is 47.4 Å². The molecule has 2 rings (SSSR count). The van der Waals surface area contributed by atoms with Gasteiger partial charge < -0.3 is 9.67 Å². The summed E-state index contributed by atoms with van der Waals surface area (Å²) in [6.45, 7) is 4.36. The van der Waals surface area contributed by atoms with Gasteiger partial charge in [0.15, 0.2) is 5.78 Å². The van der Waals surface area contributed by atoms with Gasteiger partial charge in [0.25, 0.3) is 0 Å². The molecule has 0 spiro atoms. The number of hydrogen-bond donors (Lipinski definition) is 1. The lowest BCUT2D eigenvalue weighted by atomic mass is 10.0. The lowest BCUT2D eigenvalue weighted by Crippen LogP contribution is -2.00. The van der Waals surface area contributed by atoms with Gasteiger partial charge in [0.2, 0.25) is 0 Å². The van der Waals surface area contributed by atoms with Gasteiger partial charge in [0, 0.05) is 29.2 Å². The summed E-state index contributed by atoms with van der Waals surface area (Å²) in [6, 6.07) is 5.13. The third-order valence-electron chi connectivity index (χ3n) is 3.27. The Morgan fingerprint density at radius 1 is 1.26 bits per heavy atom. The Kier molecular flexibility index (Phi) is 3.69. The van der Waals surface area contributed by atoms with E-state index < -0.39 is 5.97 Å². The molecule has 0 unspecified atom stereocenters. The Balaban J connectivity index is 2.71. The molecule has 19 heavy (non-hydrogen) atoms. The van der Waals surface area contributed by atoms with Gasteiger partial charge in [-0.05, 0) is 25.5 Å². The van der Waals surface area contributed by atoms with Crippen LogP contribution in [0.2, 0.25) is 0 Å². The highest BCUT2D eigenvalue weighted by molar-refractivity contribution is 6.14. The summed E-state index contributed by atoms with van der Waals surface area (Å²) in [7, 11) is 0. The molecule has 4 heteroatoms. The summed E-state index contributed by atoms with van der Waals surface area (Å²) in [5.74, 6) is -1.10. The van der Waals surface area contributed by atoms with Crippen molar-refractivity contribution in [2.24, 2.45) is 0 Å². The van der Waals surface area contributed by atoms with E-state index in [1.54, 1.807) is 18.3 Å². The molecule has 4 nitrogen and oxygen atoms in total. The minimum atomic E-state index is -0.999. The maximum absolute atomic E-state index is 11.7. The summed E-state index contributed by atoms with van der Waals surface area (Å²) < 4.78 is 1.97. The van der Waals surface area contributed by atoms with Crippen molar-refractivity contribution in [3.05, 3.63) is 35.5 Å². The zero-order valence-electron chi connectivity index (χ0n) is 11.1. The molecule has 1 N–H and O–H groups in total. The molecule has 0 saturated carbocycles. The van der Waals surface area contributed by atoms with Crippen LogP contribution < -0.4 is 0 Å². The maximum Gasteiger partial charge on any atom is 0.336 e. The molecule has 0 saturated heterocycles. The molecule has 100 valence electrons.